The molecule has 218 valence electrons. The van der Waals surface area contributed by atoms with Gasteiger partial charge in [0.2, 0.25) is 0 Å². The smallest absolute Gasteiger partial charge is 0.303 e. The molecular weight excluding hydrogens is 510 g/mol. The van der Waals surface area contributed by atoms with E-state index in [2.05, 4.69) is 11.8 Å². The molecule has 6 aliphatic rings. The highest BCUT2D eigenvalue weighted by atomic mass is 16.6. The molecule has 11 nitrogen and oxygen atoms in total. The molecule has 0 radical (unpaired) electrons. The van der Waals surface area contributed by atoms with Crippen LogP contribution in [-0.4, -0.2) is 106 Å². The fourth-order valence-corrected chi connectivity index (χ4v) is 11.2. The lowest BCUT2D eigenvalue weighted by atomic mass is 9.41. The number of hydrogen-bond acceptors (Lipinski definition) is 11. The van der Waals surface area contributed by atoms with Gasteiger partial charge in [0.25, 0.3) is 0 Å². The van der Waals surface area contributed by atoms with Crippen molar-refractivity contribution in [1.82, 2.24) is 4.90 Å². The van der Waals surface area contributed by atoms with Crippen LogP contribution in [0.25, 0.3) is 0 Å². The normalized spacial score (nSPS) is 54.7. The maximum absolute atomic E-state index is 13.2. The minimum absolute atomic E-state index is 0.0687. The zero-order chi connectivity index (χ0) is 28.5. The number of ether oxygens (including phenoxy) is 4. The Morgan fingerprint density at radius 2 is 1.56 bits per heavy atom. The Morgan fingerprint density at radius 3 is 2.13 bits per heavy atom. The third-order valence-electron chi connectivity index (χ3n) is 11.7. The Bertz CT molecular complexity index is 1120. The third kappa shape index (κ3) is 2.88. The van der Waals surface area contributed by atoms with Crippen molar-refractivity contribution in [3.8, 4) is 0 Å². The van der Waals surface area contributed by atoms with Gasteiger partial charge in [-0.1, -0.05) is 13.8 Å². The largest absolute Gasteiger partial charge is 0.462 e. The summed E-state index contributed by atoms with van der Waals surface area (Å²) in [5.41, 5.74) is -7.57. The molecule has 0 aromatic rings. The molecule has 0 aromatic carbocycles. The van der Waals surface area contributed by atoms with Crippen LogP contribution in [0.15, 0.2) is 0 Å². The molecule has 11 heteroatoms. The molecule has 3 N–H and O–H groups in total. The number of esters is 3. The molecule has 1 unspecified atom stereocenters. The lowest BCUT2D eigenvalue weighted by Crippen LogP contribution is -2.86. The van der Waals surface area contributed by atoms with Crippen molar-refractivity contribution in [3.63, 3.8) is 0 Å². The minimum Gasteiger partial charge on any atom is -0.462 e. The molecule has 5 aliphatic carbocycles. The average Bonchev–Trinajstić information content (AvgIpc) is 3.17. The van der Waals surface area contributed by atoms with Gasteiger partial charge in [0.1, 0.15) is 29.5 Å². The van der Waals surface area contributed by atoms with Gasteiger partial charge < -0.3 is 34.3 Å². The van der Waals surface area contributed by atoms with E-state index in [0.29, 0.717) is 25.9 Å². The van der Waals surface area contributed by atoms with Crippen LogP contribution in [0.3, 0.4) is 0 Å². The number of fused-ring (bicyclic) bond motifs is 2. The first kappa shape index (κ1) is 27.4. The van der Waals surface area contributed by atoms with E-state index in [1.807, 2.05) is 6.92 Å². The summed E-state index contributed by atoms with van der Waals surface area (Å²) in [5, 5.41) is 39.3. The zero-order valence-electron chi connectivity index (χ0n) is 23.5. The van der Waals surface area contributed by atoms with Crippen LogP contribution < -0.4 is 0 Å². The van der Waals surface area contributed by atoms with E-state index in [4.69, 9.17) is 18.9 Å². The van der Waals surface area contributed by atoms with Crippen molar-refractivity contribution in [3.05, 3.63) is 0 Å². The van der Waals surface area contributed by atoms with Gasteiger partial charge in [-0.15, -0.1) is 0 Å². The van der Waals surface area contributed by atoms with E-state index in [9.17, 15) is 29.7 Å². The number of nitrogens with zero attached hydrogens (tertiary/aromatic N) is 1. The SMILES string of the molecule is CCN1C[C@]2(C)CC[C@H](OC)[C@]34C1[C@](O)([C@@H](OC(C)=O)[C@H]23)[C@@]1(O)C[C@H](OC(C)=O)[C@H]2C[C@]4(O)[C@@H]1[C@H]2OC(C)=O. The van der Waals surface area contributed by atoms with E-state index in [0.717, 1.165) is 0 Å². The minimum atomic E-state index is -2.13. The molecule has 1 heterocycles. The number of likely N-dealkylation sites (tertiary alicyclic amines) is 1. The Kier molecular flexibility index (Phi) is 5.72. The molecule has 13 atom stereocenters. The second kappa shape index (κ2) is 8.15. The summed E-state index contributed by atoms with van der Waals surface area (Å²) in [6.45, 7) is 8.96. The van der Waals surface area contributed by atoms with Gasteiger partial charge in [-0.2, -0.15) is 0 Å². The molecule has 1 saturated heterocycles. The summed E-state index contributed by atoms with van der Waals surface area (Å²) in [6.07, 6.45) is -2.50. The molecule has 6 fully saturated rings. The van der Waals surface area contributed by atoms with Gasteiger partial charge in [0.15, 0.2) is 0 Å². The van der Waals surface area contributed by atoms with Crippen LogP contribution >= 0.6 is 0 Å². The Balaban J connectivity index is 1.70. The maximum Gasteiger partial charge on any atom is 0.303 e. The number of methoxy groups -OCH3 is 1. The number of piperidine rings is 1. The van der Waals surface area contributed by atoms with Crippen molar-refractivity contribution in [2.75, 3.05) is 20.2 Å². The topological polar surface area (TPSA) is 152 Å². The van der Waals surface area contributed by atoms with E-state index in [-0.39, 0.29) is 12.8 Å². The van der Waals surface area contributed by atoms with Crippen molar-refractivity contribution in [2.45, 2.75) is 108 Å². The Morgan fingerprint density at radius 1 is 0.923 bits per heavy atom. The summed E-state index contributed by atoms with van der Waals surface area (Å²) < 4.78 is 23.7. The summed E-state index contributed by atoms with van der Waals surface area (Å²) >= 11 is 0. The molecule has 1 spiro atoms. The molecule has 7 bridgehead atoms. The standard InChI is InChI=1S/C28H41NO10/c1-7-29-12-24(5)9-8-18(36-6)27-21(24)22(39-15(4)32)28(35,23(27)29)26(34)11-17(37-13(2)30)16-10-25(27,33)20(26)19(16)38-14(3)31/h16-23,33-35H,7-12H2,1-6H3/t16-,17+,18+,19+,20+,21-,22+,23?,24+,25+,26-,27-,28-/m1/s1. The fraction of sp³-hybridized carbons (Fsp3) is 0.893. The van der Waals surface area contributed by atoms with Gasteiger partial charge in [-0.05, 0) is 31.2 Å². The lowest BCUT2D eigenvalue weighted by molar-refractivity contribution is -0.354. The summed E-state index contributed by atoms with van der Waals surface area (Å²) in [6, 6.07) is -0.832. The van der Waals surface area contributed by atoms with Crippen LogP contribution in [0, 0.1) is 28.6 Å². The predicted molar refractivity (Wildman–Crippen MR) is 133 cm³/mol. The van der Waals surface area contributed by atoms with Gasteiger partial charge in [-0.3, -0.25) is 19.3 Å². The predicted octanol–water partition coefficient (Wildman–Crippen LogP) is 0.164. The molecule has 5 saturated carbocycles. The van der Waals surface area contributed by atoms with Crippen molar-refractivity contribution in [1.29, 1.82) is 0 Å². The highest BCUT2D eigenvalue weighted by Gasteiger charge is 2.96. The van der Waals surface area contributed by atoms with Crippen LogP contribution in [0.1, 0.15) is 60.3 Å². The van der Waals surface area contributed by atoms with Crippen LogP contribution in [-0.2, 0) is 33.3 Å². The number of carbonyl (C=O) groups is 3. The zero-order valence-corrected chi connectivity index (χ0v) is 23.5. The first-order valence-corrected chi connectivity index (χ1v) is 14.1. The van der Waals surface area contributed by atoms with Crippen molar-refractivity contribution in [2.24, 2.45) is 28.6 Å². The molecule has 6 rings (SSSR count). The van der Waals surface area contributed by atoms with Gasteiger partial charge in [0, 0.05) is 52.7 Å². The molecule has 0 amide bonds. The van der Waals surface area contributed by atoms with Crippen molar-refractivity contribution >= 4 is 17.9 Å². The van der Waals surface area contributed by atoms with E-state index in [1.165, 1.54) is 20.8 Å². The molecule has 39 heavy (non-hydrogen) atoms. The second-order valence-electron chi connectivity index (χ2n) is 13.3. The number of likely N-dealkylation sites (N-methyl/N-ethyl adjacent to an activating group) is 1. The molecule has 0 aromatic heterocycles. The number of aliphatic hydroxyl groups is 3. The molecular formula is C28H41NO10. The first-order chi connectivity index (χ1) is 18.2. The number of rotatable bonds is 5. The first-order valence-electron chi connectivity index (χ1n) is 14.1. The molecule has 1 aliphatic heterocycles. The monoisotopic (exact) mass is 551 g/mol. The van der Waals surface area contributed by atoms with E-state index >= 15 is 0 Å². The van der Waals surface area contributed by atoms with Crippen LogP contribution in [0.2, 0.25) is 0 Å². The fourth-order valence-electron chi connectivity index (χ4n) is 11.2. The number of hydrogen-bond donors (Lipinski definition) is 3. The summed E-state index contributed by atoms with van der Waals surface area (Å²) in [5.74, 6) is -4.06. The van der Waals surface area contributed by atoms with E-state index in [1.54, 1.807) is 7.11 Å². The Labute approximate surface area is 228 Å². The number of carbonyl (C=O) groups excluding carboxylic acids is 3. The summed E-state index contributed by atoms with van der Waals surface area (Å²) in [4.78, 5) is 39.3. The highest BCUT2D eigenvalue weighted by molar-refractivity contribution is 5.68. The Hall–Kier alpha value is -1.79. The van der Waals surface area contributed by atoms with Crippen LogP contribution in [0.5, 0.6) is 0 Å². The quantitative estimate of drug-likeness (QED) is 0.317. The maximum atomic E-state index is 13.2. The summed E-state index contributed by atoms with van der Waals surface area (Å²) in [7, 11) is 1.59. The van der Waals surface area contributed by atoms with Crippen LogP contribution in [0.4, 0.5) is 0 Å². The van der Waals surface area contributed by atoms with Gasteiger partial charge in [0.05, 0.1) is 29.1 Å². The van der Waals surface area contributed by atoms with Gasteiger partial charge >= 0.3 is 17.9 Å². The second-order valence-corrected chi connectivity index (χ2v) is 13.3. The lowest BCUT2D eigenvalue weighted by Gasteiger charge is -2.71. The van der Waals surface area contributed by atoms with Crippen molar-refractivity contribution < 1.29 is 48.7 Å². The van der Waals surface area contributed by atoms with E-state index < -0.39 is 93.8 Å². The average molecular weight is 552 g/mol. The third-order valence-corrected chi connectivity index (χ3v) is 11.7. The highest BCUT2D eigenvalue weighted by Crippen LogP contribution is 2.81. The van der Waals surface area contributed by atoms with Gasteiger partial charge in [-0.25, -0.2) is 0 Å².